The molecule has 1 aromatic heterocycles. The Kier molecular flexibility index (Phi) is 2.28. The van der Waals surface area contributed by atoms with Crippen LogP contribution < -0.4 is 10.9 Å². The first-order chi connectivity index (χ1) is 5.15. The Morgan fingerprint density at radius 2 is 2.27 bits per heavy atom. The summed E-state index contributed by atoms with van der Waals surface area (Å²) >= 11 is 3.11. The number of nitrogens with zero attached hydrogens (tertiary/aromatic N) is 1. The Hall–Kier alpha value is -0.840. The fourth-order valence-electron chi connectivity index (χ4n) is 0.737. The number of anilines is 1. The summed E-state index contributed by atoms with van der Waals surface area (Å²) in [6, 6.07) is 0. The molecule has 0 amide bonds. The zero-order chi connectivity index (χ0) is 8.43. The largest absolute Gasteiger partial charge is 0.372 e. The van der Waals surface area contributed by atoms with E-state index in [4.69, 9.17) is 0 Å². The molecule has 0 unspecified atom stereocenters. The van der Waals surface area contributed by atoms with E-state index < -0.39 is 0 Å². The molecule has 0 fully saturated rings. The summed E-state index contributed by atoms with van der Waals surface area (Å²) in [4.78, 5) is 17.6. The third-order valence-electron chi connectivity index (χ3n) is 1.22. The number of aromatic amines is 1. The molecular weight excluding hydrogens is 210 g/mol. The zero-order valence-electron chi connectivity index (χ0n) is 6.23. The van der Waals surface area contributed by atoms with Crippen molar-refractivity contribution < 1.29 is 0 Å². The molecule has 0 saturated heterocycles. The van der Waals surface area contributed by atoms with E-state index in [0.717, 1.165) is 0 Å². The minimum atomic E-state index is -0.165. The predicted octanol–water partition coefficient (Wildman–Crippen LogP) is 0.883. The number of hydrogen-bond acceptors (Lipinski definition) is 3. The third-order valence-corrected chi connectivity index (χ3v) is 1.95. The van der Waals surface area contributed by atoms with Gasteiger partial charge in [0.2, 0.25) is 0 Å². The maximum Gasteiger partial charge on any atom is 0.267 e. The molecule has 11 heavy (non-hydrogen) atoms. The van der Waals surface area contributed by atoms with Crippen LogP contribution in [0.5, 0.6) is 0 Å². The molecular formula is C6H8BrN3O. The normalized spacial score (nSPS) is 9.73. The van der Waals surface area contributed by atoms with E-state index >= 15 is 0 Å². The van der Waals surface area contributed by atoms with Gasteiger partial charge in [-0.15, -0.1) is 0 Å². The van der Waals surface area contributed by atoms with E-state index in [0.29, 0.717) is 16.1 Å². The van der Waals surface area contributed by atoms with Crippen LogP contribution in [-0.4, -0.2) is 17.0 Å². The quantitative estimate of drug-likeness (QED) is 0.735. The van der Waals surface area contributed by atoms with Gasteiger partial charge in [-0.2, -0.15) is 0 Å². The lowest BCUT2D eigenvalue weighted by atomic mass is 10.5. The lowest BCUT2D eigenvalue weighted by molar-refractivity contribution is 1.01. The van der Waals surface area contributed by atoms with Crippen molar-refractivity contribution >= 4 is 21.7 Å². The van der Waals surface area contributed by atoms with E-state index in [1.807, 2.05) is 0 Å². The molecule has 0 aromatic carbocycles. The Labute approximate surface area is 72.2 Å². The van der Waals surface area contributed by atoms with Crippen molar-refractivity contribution in [1.82, 2.24) is 9.97 Å². The summed E-state index contributed by atoms with van der Waals surface area (Å²) in [6.45, 7) is 1.73. The van der Waals surface area contributed by atoms with Crippen LogP contribution in [0.4, 0.5) is 5.82 Å². The van der Waals surface area contributed by atoms with Crippen LogP contribution >= 0.6 is 15.9 Å². The van der Waals surface area contributed by atoms with Crippen LogP contribution in [0.2, 0.25) is 0 Å². The van der Waals surface area contributed by atoms with Gasteiger partial charge in [0.15, 0.2) is 0 Å². The highest BCUT2D eigenvalue weighted by molar-refractivity contribution is 9.10. The van der Waals surface area contributed by atoms with Crippen LogP contribution in [0.3, 0.4) is 0 Å². The van der Waals surface area contributed by atoms with Crippen LogP contribution in [0.1, 0.15) is 5.82 Å². The lowest BCUT2D eigenvalue weighted by Crippen LogP contribution is -2.12. The second kappa shape index (κ2) is 3.04. The van der Waals surface area contributed by atoms with E-state index in [-0.39, 0.29) is 5.56 Å². The molecule has 1 rings (SSSR count). The highest BCUT2D eigenvalue weighted by atomic mass is 79.9. The molecule has 0 aliphatic carbocycles. The summed E-state index contributed by atoms with van der Waals surface area (Å²) in [7, 11) is 1.71. The summed E-state index contributed by atoms with van der Waals surface area (Å²) in [5.74, 6) is 1.16. The van der Waals surface area contributed by atoms with Gasteiger partial charge >= 0.3 is 0 Å². The van der Waals surface area contributed by atoms with Gasteiger partial charge < -0.3 is 10.3 Å². The van der Waals surface area contributed by atoms with Gasteiger partial charge in [0.05, 0.1) is 0 Å². The molecule has 0 radical (unpaired) electrons. The Bertz CT molecular complexity index is 320. The molecule has 2 N–H and O–H groups in total. The first-order valence-corrected chi connectivity index (χ1v) is 3.88. The highest BCUT2D eigenvalue weighted by Gasteiger charge is 2.03. The van der Waals surface area contributed by atoms with Crippen LogP contribution in [0.15, 0.2) is 9.27 Å². The summed E-state index contributed by atoms with van der Waals surface area (Å²) < 4.78 is 0.436. The van der Waals surface area contributed by atoms with Crippen molar-refractivity contribution in [2.24, 2.45) is 0 Å². The van der Waals surface area contributed by atoms with E-state index in [1.165, 1.54) is 0 Å². The minimum Gasteiger partial charge on any atom is -0.372 e. The Balaban J connectivity index is 3.36. The molecule has 1 heterocycles. The SMILES string of the molecule is CNc1nc(C)[nH]c(=O)c1Br. The monoisotopic (exact) mass is 217 g/mol. The van der Waals surface area contributed by atoms with Gasteiger partial charge in [-0.05, 0) is 22.9 Å². The van der Waals surface area contributed by atoms with Crippen molar-refractivity contribution in [3.63, 3.8) is 0 Å². The number of halogens is 1. The standard InChI is InChI=1S/C6H8BrN3O/c1-3-9-5(8-2)4(7)6(11)10-3/h1-2H3,(H2,8,9,10,11). The van der Waals surface area contributed by atoms with Crippen molar-refractivity contribution in [1.29, 1.82) is 0 Å². The summed E-state index contributed by atoms with van der Waals surface area (Å²) in [6.07, 6.45) is 0. The molecule has 5 heteroatoms. The summed E-state index contributed by atoms with van der Waals surface area (Å²) in [5.41, 5.74) is -0.165. The van der Waals surface area contributed by atoms with Crippen molar-refractivity contribution in [3.05, 3.63) is 20.7 Å². The average molecular weight is 218 g/mol. The maximum absolute atomic E-state index is 11.0. The van der Waals surface area contributed by atoms with Gasteiger partial charge in [-0.1, -0.05) is 0 Å². The van der Waals surface area contributed by atoms with E-state index in [2.05, 4.69) is 31.2 Å². The number of aromatic nitrogens is 2. The van der Waals surface area contributed by atoms with Gasteiger partial charge in [-0.25, -0.2) is 4.98 Å². The third kappa shape index (κ3) is 1.59. The highest BCUT2D eigenvalue weighted by Crippen LogP contribution is 2.12. The van der Waals surface area contributed by atoms with E-state index in [9.17, 15) is 4.79 Å². The second-order valence-corrected chi connectivity index (χ2v) is 2.86. The molecule has 0 saturated carbocycles. The number of H-pyrrole nitrogens is 1. The first kappa shape index (κ1) is 8.26. The van der Waals surface area contributed by atoms with Gasteiger partial charge in [-0.3, -0.25) is 4.79 Å². The molecule has 1 aromatic rings. The molecule has 4 nitrogen and oxygen atoms in total. The smallest absolute Gasteiger partial charge is 0.267 e. The molecule has 0 atom stereocenters. The van der Waals surface area contributed by atoms with Crippen LogP contribution in [0, 0.1) is 6.92 Å². The minimum absolute atomic E-state index is 0.165. The topological polar surface area (TPSA) is 57.8 Å². The van der Waals surface area contributed by atoms with Crippen LogP contribution in [0.25, 0.3) is 0 Å². The fourth-order valence-corrected chi connectivity index (χ4v) is 1.12. The van der Waals surface area contributed by atoms with Gasteiger partial charge in [0.1, 0.15) is 16.1 Å². The Morgan fingerprint density at radius 3 is 2.82 bits per heavy atom. The second-order valence-electron chi connectivity index (χ2n) is 2.06. The Morgan fingerprint density at radius 1 is 1.64 bits per heavy atom. The first-order valence-electron chi connectivity index (χ1n) is 3.09. The van der Waals surface area contributed by atoms with Gasteiger partial charge in [0.25, 0.3) is 5.56 Å². The van der Waals surface area contributed by atoms with Gasteiger partial charge in [0, 0.05) is 7.05 Å². The molecule has 0 bridgehead atoms. The fraction of sp³-hybridized carbons (Fsp3) is 0.333. The molecule has 0 spiro atoms. The van der Waals surface area contributed by atoms with Crippen molar-refractivity contribution in [2.45, 2.75) is 6.92 Å². The van der Waals surface area contributed by atoms with Crippen LogP contribution in [-0.2, 0) is 0 Å². The average Bonchev–Trinajstić information content (AvgIpc) is 1.96. The zero-order valence-corrected chi connectivity index (χ0v) is 7.82. The van der Waals surface area contributed by atoms with E-state index in [1.54, 1.807) is 14.0 Å². The number of aryl methyl sites for hydroxylation is 1. The number of hydrogen-bond donors (Lipinski definition) is 2. The molecule has 0 aliphatic rings. The molecule has 60 valence electrons. The number of rotatable bonds is 1. The number of nitrogens with one attached hydrogen (secondary N) is 2. The molecule has 0 aliphatic heterocycles. The summed E-state index contributed by atoms with van der Waals surface area (Å²) in [5, 5.41) is 2.80. The van der Waals surface area contributed by atoms with Crippen molar-refractivity contribution in [2.75, 3.05) is 12.4 Å². The van der Waals surface area contributed by atoms with Crippen molar-refractivity contribution in [3.8, 4) is 0 Å². The predicted molar refractivity (Wildman–Crippen MR) is 46.8 cm³/mol. The lowest BCUT2D eigenvalue weighted by Gasteiger charge is -2.01. The maximum atomic E-state index is 11.0.